The first-order valence-corrected chi connectivity index (χ1v) is 10.2. The highest BCUT2D eigenvalue weighted by molar-refractivity contribution is 7.17. The summed E-state index contributed by atoms with van der Waals surface area (Å²) >= 11 is 1.07. The Kier molecular flexibility index (Phi) is 5.05. The molecule has 0 saturated heterocycles. The van der Waals surface area contributed by atoms with Gasteiger partial charge in [0.2, 0.25) is 5.92 Å². The number of fused-ring (bicyclic) bond motifs is 1. The number of alkyl halides is 2. The Bertz CT molecular complexity index is 1140. The molecule has 2 heterocycles. The van der Waals surface area contributed by atoms with E-state index in [1.807, 2.05) is 0 Å². The van der Waals surface area contributed by atoms with Gasteiger partial charge in [-0.05, 0) is 37.0 Å². The van der Waals surface area contributed by atoms with Crippen LogP contribution in [0.4, 0.5) is 13.2 Å². The Balaban J connectivity index is 1.80. The van der Waals surface area contributed by atoms with Crippen molar-refractivity contribution in [2.75, 3.05) is 0 Å². The van der Waals surface area contributed by atoms with Gasteiger partial charge in [0.25, 0.3) is 11.8 Å². The van der Waals surface area contributed by atoms with Crippen molar-refractivity contribution in [1.29, 1.82) is 0 Å². The summed E-state index contributed by atoms with van der Waals surface area (Å²) in [6.07, 6.45) is 0.176. The SMILES string of the molecule is NC(=O)c1ccc(-c2cc(F)cc3nn(CC4CCC(F)(F)CC4)c(C(N)=O)c23)s1. The van der Waals surface area contributed by atoms with Crippen molar-refractivity contribution < 1.29 is 22.8 Å². The summed E-state index contributed by atoms with van der Waals surface area (Å²) in [5, 5.41) is 4.72. The van der Waals surface area contributed by atoms with Crippen molar-refractivity contribution >= 4 is 34.1 Å². The molecule has 1 fully saturated rings. The number of hydrogen-bond acceptors (Lipinski definition) is 4. The molecule has 0 spiro atoms. The van der Waals surface area contributed by atoms with E-state index in [0.717, 1.165) is 11.3 Å². The van der Waals surface area contributed by atoms with Crippen molar-refractivity contribution in [1.82, 2.24) is 9.78 Å². The smallest absolute Gasteiger partial charge is 0.267 e. The molecule has 0 atom stereocenters. The lowest BCUT2D eigenvalue weighted by atomic mass is 9.87. The summed E-state index contributed by atoms with van der Waals surface area (Å²) in [7, 11) is 0. The monoisotopic (exact) mass is 436 g/mol. The average Bonchev–Trinajstić information content (AvgIpc) is 3.27. The van der Waals surface area contributed by atoms with Crippen molar-refractivity contribution in [2.24, 2.45) is 17.4 Å². The minimum Gasteiger partial charge on any atom is -0.365 e. The molecule has 0 unspecified atom stereocenters. The Morgan fingerprint density at radius 3 is 2.47 bits per heavy atom. The lowest BCUT2D eigenvalue weighted by molar-refractivity contribution is -0.0477. The van der Waals surface area contributed by atoms with Crippen LogP contribution in [-0.4, -0.2) is 27.5 Å². The molecular weight excluding hydrogens is 417 g/mol. The molecule has 158 valence electrons. The third kappa shape index (κ3) is 3.79. The Hall–Kier alpha value is -2.88. The largest absolute Gasteiger partial charge is 0.365 e. The number of carbonyl (C=O) groups excluding carboxylic acids is 2. The number of hydrogen-bond donors (Lipinski definition) is 2. The molecular formula is C20H19F3N4O2S. The molecule has 30 heavy (non-hydrogen) atoms. The number of primary amides is 2. The zero-order chi connectivity index (χ0) is 21.6. The fourth-order valence-electron chi connectivity index (χ4n) is 3.95. The molecule has 1 aromatic carbocycles. The quantitative estimate of drug-likeness (QED) is 0.633. The molecule has 0 aliphatic heterocycles. The minimum atomic E-state index is -2.66. The van der Waals surface area contributed by atoms with E-state index in [-0.39, 0.29) is 36.5 Å². The Labute approximate surface area is 173 Å². The van der Waals surface area contributed by atoms with E-state index < -0.39 is 23.6 Å². The zero-order valence-electron chi connectivity index (χ0n) is 15.8. The normalized spacial score (nSPS) is 16.8. The van der Waals surface area contributed by atoms with Gasteiger partial charge in [0.05, 0.1) is 10.4 Å². The maximum atomic E-state index is 14.3. The number of nitrogens with two attached hydrogens (primary N) is 2. The van der Waals surface area contributed by atoms with Crippen LogP contribution in [0.2, 0.25) is 0 Å². The number of carbonyl (C=O) groups is 2. The third-order valence-electron chi connectivity index (χ3n) is 5.42. The highest BCUT2D eigenvalue weighted by Crippen LogP contribution is 2.39. The van der Waals surface area contributed by atoms with Gasteiger partial charge in [-0.25, -0.2) is 13.2 Å². The van der Waals surface area contributed by atoms with Gasteiger partial charge >= 0.3 is 0 Å². The maximum Gasteiger partial charge on any atom is 0.267 e. The summed E-state index contributed by atoms with van der Waals surface area (Å²) in [4.78, 5) is 24.6. The molecule has 4 rings (SSSR count). The highest BCUT2D eigenvalue weighted by Gasteiger charge is 2.35. The van der Waals surface area contributed by atoms with Crippen LogP contribution < -0.4 is 11.5 Å². The van der Waals surface area contributed by atoms with Crippen LogP contribution in [0.3, 0.4) is 0 Å². The van der Waals surface area contributed by atoms with Gasteiger partial charge in [-0.3, -0.25) is 14.3 Å². The van der Waals surface area contributed by atoms with Crippen molar-refractivity contribution in [2.45, 2.75) is 38.2 Å². The standard InChI is InChI=1S/C20H19F3N4O2S/c21-11-7-12(14-1-2-15(30-14)18(24)28)16-13(8-11)26-27(17(16)19(25)29)9-10-3-5-20(22,23)6-4-10/h1-2,7-8,10H,3-6,9H2,(H2,24,28)(H2,25,29). The van der Waals surface area contributed by atoms with Crippen molar-refractivity contribution in [3.63, 3.8) is 0 Å². The Morgan fingerprint density at radius 2 is 1.87 bits per heavy atom. The number of halogens is 3. The van der Waals surface area contributed by atoms with Crippen LogP contribution in [0.1, 0.15) is 45.8 Å². The van der Waals surface area contributed by atoms with E-state index in [2.05, 4.69) is 5.10 Å². The second-order valence-electron chi connectivity index (χ2n) is 7.57. The van der Waals surface area contributed by atoms with E-state index in [0.29, 0.717) is 33.5 Å². The number of aromatic nitrogens is 2. The van der Waals surface area contributed by atoms with Gasteiger partial charge in [0, 0.05) is 41.3 Å². The molecule has 6 nitrogen and oxygen atoms in total. The zero-order valence-corrected chi connectivity index (χ0v) is 16.6. The van der Waals surface area contributed by atoms with E-state index in [9.17, 15) is 22.8 Å². The van der Waals surface area contributed by atoms with Crippen LogP contribution in [0.25, 0.3) is 21.3 Å². The van der Waals surface area contributed by atoms with Crippen LogP contribution in [0.15, 0.2) is 24.3 Å². The second-order valence-corrected chi connectivity index (χ2v) is 8.65. The lowest BCUT2D eigenvalue weighted by Crippen LogP contribution is -2.28. The van der Waals surface area contributed by atoms with Gasteiger partial charge in [-0.1, -0.05) is 0 Å². The number of nitrogens with zero attached hydrogens (tertiary/aromatic N) is 2. The number of thiophene rings is 1. The maximum absolute atomic E-state index is 14.3. The summed E-state index contributed by atoms with van der Waals surface area (Å²) < 4.78 is 42.6. The molecule has 1 aliphatic rings. The van der Waals surface area contributed by atoms with Gasteiger partial charge in [0.1, 0.15) is 11.5 Å². The second kappa shape index (κ2) is 7.42. The van der Waals surface area contributed by atoms with Crippen LogP contribution in [-0.2, 0) is 6.54 Å². The van der Waals surface area contributed by atoms with Gasteiger partial charge in [0.15, 0.2) is 0 Å². The van der Waals surface area contributed by atoms with E-state index in [4.69, 9.17) is 11.5 Å². The molecule has 2 aromatic heterocycles. The number of rotatable bonds is 5. The predicted octanol–water partition coefficient (Wildman–Crippen LogP) is 3.93. The third-order valence-corrected chi connectivity index (χ3v) is 6.55. The van der Waals surface area contributed by atoms with E-state index >= 15 is 0 Å². The molecule has 1 aliphatic carbocycles. The first-order chi connectivity index (χ1) is 14.1. The average molecular weight is 436 g/mol. The molecule has 1 saturated carbocycles. The van der Waals surface area contributed by atoms with Crippen molar-refractivity contribution in [3.05, 3.63) is 40.7 Å². The molecule has 10 heteroatoms. The fourth-order valence-corrected chi connectivity index (χ4v) is 4.83. The van der Waals surface area contributed by atoms with Gasteiger partial charge < -0.3 is 11.5 Å². The summed E-state index contributed by atoms with van der Waals surface area (Å²) in [6.45, 7) is 0.237. The first-order valence-electron chi connectivity index (χ1n) is 9.42. The van der Waals surface area contributed by atoms with E-state index in [1.165, 1.54) is 22.9 Å². The molecule has 0 radical (unpaired) electrons. The van der Waals surface area contributed by atoms with Crippen LogP contribution in [0.5, 0.6) is 0 Å². The highest BCUT2D eigenvalue weighted by atomic mass is 32.1. The minimum absolute atomic E-state index is 0.0892. The number of benzene rings is 1. The number of amides is 2. The van der Waals surface area contributed by atoms with Crippen LogP contribution in [0, 0.1) is 11.7 Å². The predicted molar refractivity (Wildman–Crippen MR) is 107 cm³/mol. The Morgan fingerprint density at radius 1 is 1.17 bits per heavy atom. The molecule has 4 N–H and O–H groups in total. The van der Waals surface area contributed by atoms with Crippen LogP contribution >= 0.6 is 11.3 Å². The topological polar surface area (TPSA) is 104 Å². The molecule has 0 bridgehead atoms. The fraction of sp³-hybridized carbons (Fsp3) is 0.350. The summed E-state index contributed by atoms with van der Waals surface area (Å²) in [5.74, 6) is -4.68. The van der Waals surface area contributed by atoms with Gasteiger partial charge in [-0.2, -0.15) is 5.10 Å². The first kappa shape index (κ1) is 20.4. The van der Waals surface area contributed by atoms with E-state index in [1.54, 1.807) is 6.07 Å². The molecule has 3 aromatic rings. The summed E-state index contributed by atoms with van der Waals surface area (Å²) in [6, 6.07) is 5.58. The van der Waals surface area contributed by atoms with Crippen molar-refractivity contribution in [3.8, 4) is 10.4 Å². The molecule has 2 amide bonds. The summed E-state index contributed by atoms with van der Waals surface area (Å²) in [5.41, 5.74) is 11.6. The lowest BCUT2D eigenvalue weighted by Gasteiger charge is -2.28. The van der Waals surface area contributed by atoms with Gasteiger partial charge in [-0.15, -0.1) is 11.3 Å².